The summed E-state index contributed by atoms with van der Waals surface area (Å²) in [5.74, 6) is -1.33. The van der Waals surface area contributed by atoms with Crippen LogP contribution in [-0.4, -0.2) is 43.9 Å². The Morgan fingerprint density at radius 1 is 1.36 bits per heavy atom. The molecule has 0 spiro atoms. The van der Waals surface area contributed by atoms with Crippen molar-refractivity contribution < 1.29 is 14.7 Å². The van der Waals surface area contributed by atoms with Crippen LogP contribution in [0.2, 0.25) is 0 Å². The minimum absolute atomic E-state index is 0.0538. The fraction of sp³-hybridized carbons (Fsp3) is 0.438. The lowest BCUT2D eigenvalue weighted by Crippen LogP contribution is -2.47. The number of imidazole rings is 1. The lowest BCUT2D eigenvalue weighted by atomic mass is 9.93. The smallest absolute Gasteiger partial charge is 0.308 e. The molecule has 0 bridgehead atoms. The summed E-state index contributed by atoms with van der Waals surface area (Å²) in [6.07, 6.45) is 5.30. The largest absolute Gasteiger partial charge is 0.481 e. The average Bonchev–Trinajstić information content (AvgIpc) is 2.89. The number of amides is 1. The number of hydrogen-bond acceptors (Lipinski definition) is 3. The summed E-state index contributed by atoms with van der Waals surface area (Å²) in [5, 5.41) is 9.16. The third kappa shape index (κ3) is 2.81. The van der Waals surface area contributed by atoms with Gasteiger partial charge in [-0.25, -0.2) is 4.98 Å². The zero-order chi connectivity index (χ0) is 15.7. The van der Waals surface area contributed by atoms with Crippen molar-refractivity contribution in [2.45, 2.75) is 32.2 Å². The first kappa shape index (κ1) is 14.6. The van der Waals surface area contributed by atoms with Crippen LogP contribution in [0.1, 0.15) is 25.5 Å². The van der Waals surface area contributed by atoms with Crippen molar-refractivity contribution in [3.05, 3.63) is 36.3 Å². The van der Waals surface area contributed by atoms with Gasteiger partial charge in [-0.15, -0.1) is 0 Å². The number of carboxylic acid groups (broad SMARTS) is 1. The summed E-state index contributed by atoms with van der Waals surface area (Å²) < 4.78 is 1.88. The van der Waals surface area contributed by atoms with E-state index in [4.69, 9.17) is 5.11 Å². The van der Waals surface area contributed by atoms with Gasteiger partial charge in [-0.05, 0) is 31.9 Å². The van der Waals surface area contributed by atoms with Gasteiger partial charge in [0.15, 0.2) is 0 Å². The maximum atomic E-state index is 12.5. The Bertz CT molecular complexity index is 676. The molecule has 1 fully saturated rings. The van der Waals surface area contributed by atoms with Gasteiger partial charge in [0.25, 0.3) is 0 Å². The van der Waals surface area contributed by atoms with E-state index in [0.717, 1.165) is 12.1 Å². The maximum absolute atomic E-state index is 12.5. The molecule has 0 aliphatic carbocycles. The van der Waals surface area contributed by atoms with Crippen LogP contribution < -0.4 is 0 Å². The third-order valence-corrected chi connectivity index (χ3v) is 4.30. The summed E-state index contributed by atoms with van der Waals surface area (Å²) in [6.45, 7) is 2.27. The summed E-state index contributed by atoms with van der Waals surface area (Å²) in [6, 6.07) is 5.78. The number of hydrogen-bond donors (Lipinski definition) is 1. The first-order valence-electron chi connectivity index (χ1n) is 7.49. The minimum atomic E-state index is -0.822. The Morgan fingerprint density at radius 2 is 2.18 bits per heavy atom. The van der Waals surface area contributed by atoms with E-state index < -0.39 is 11.9 Å². The van der Waals surface area contributed by atoms with Gasteiger partial charge < -0.3 is 14.4 Å². The molecular formula is C16H19N3O3. The van der Waals surface area contributed by atoms with E-state index in [1.807, 2.05) is 41.9 Å². The predicted molar refractivity (Wildman–Crippen MR) is 80.4 cm³/mol. The average molecular weight is 301 g/mol. The molecule has 3 heterocycles. The number of carboxylic acids is 1. The number of carbonyl (C=O) groups excluding carboxylic acids is 1. The van der Waals surface area contributed by atoms with E-state index in [1.165, 1.54) is 0 Å². The van der Waals surface area contributed by atoms with E-state index in [1.54, 1.807) is 4.90 Å². The number of piperidine rings is 1. The molecule has 0 aromatic carbocycles. The summed E-state index contributed by atoms with van der Waals surface area (Å²) in [5.41, 5.74) is 1.52. The molecule has 1 N–H and O–H groups in total. The van der Waals surface area contributed by atoms with Crippen LogP contribution >= 0.6 is 0 Å². The molecule has 2 atom stereocenters. The number of aliphatic carboxylic acids is 1. The van der Waals surface area contributed by atoms with Gasteiger partial charge in [0.2, 0.25) is 5.91 Å². The van der Waals surface area contributed by atoms with Crippen LogP contribution in [0.3, 0.4) is 0 Å². The van der Waals surface area contributed by atoms with Crippen molar-refractivity contribution >= 4 is 17.5 Å². The van der Waals surface area contributed by atoms with E-state index in [-0.39, 0.29) is 18.4 Å². The molecular weight excluding hydrogens is 282 g/mol. The molecule has 6 heteroatoms. The molecule has 1 aliphatic rings. The van der Waals surface area contributed by atoms with Gasteiger partial charge in [0.1, 0.15) is 5.65 Å². The summed E-state index contributed by atoms with van der Waals surface area (Å²) in [7, 11) is 0. The monoisotopic (exact) mass is 301 g/mol. The second kappa shape index (κ2) is 5.79. The number of fused-ring (bicyclic) bond motifs is 1. The second-order valence-electron chi connectivity index (χ2n) is 5.88. The van der Waals surface area contributed by atoms with Gasteiger partial charge in [-0.1, -0.05) is 6.07 Å². The van der Waals surface area contributed by atoms with E-state index in [9.17, 15) is 9.59 Å². The zero-order valence-electron chi connectivity index (χ0n) is 12.5. The van der Waals surface area contributed by atoms with Gasteiger partial charge in [-0.3, -0.25) is 9.59 Å². The highest BCUT2D eigenvalue weighted by atomic mass is 16.4. The maximum Gasteiger partial charge on any atom is 0.308 e. The molecule has 6 nitrogen and oxygen atoms in total. The van der Waals surface area contributed by atoms with Gasteiger partial charge in [0.05, 0.1) is 18.0 Å². The second-order valence-corrected chi connectivity index (χ2v) is 5.88. The molecule has 1 amide bonds. The van der Waals surface area contributed by atoms with E-state index in [0.29, 0.717) is 18.7 Å². The lowest BCUT2D eigenvalue weighted by molar-refractivity contribution is -0.147. The highest BCUT2D eigenvalue weighted by Gasteiger charge is 2.32. The van der Waals surface area contributed by atoms with Crippen molar-refractivity contribution in [1.29, 1.82) is 0 Å². The zero-order valence-corrected chi connectivity index (χ0v) is 12.5. The lowest BCUT2D eigenvalue weighted by Gasteiger charge is -2.36. The van der Waals surface area contributed by atoms with Gasteiger partial charge >= 0.3 is 5.97 Å². The standard InChI is InChI=1S/C16H19N3O3/c1-11-5-6-12(16(21)22)9-19(11)15(20)8-13-10-18-7-3-2-4-14(18)17-13/h2-4,7,10-12H,5-6,8-9H2,1H3,(H,21,22). The topological polar surface area (TPSA) is 74.9 Å². The van der Waals surface area contributed by atoms with Crippen LogP contribution in [0.5, 0.6) is 0 Å². The summed E-state index contributed by atoms with van der Waals surface area (Å²) in [4.78, 5) is 29.8. The SMILES string of the molecule is CC1CCC(C(=O)O)CN1C(=O)Cc1cn2ccccc2n1. The van der Waals surface area contributed by atoms with Crippen LogP contribution in [0.15, 0.2) is 30.6 Å². The van der Waals surface area contributed by atoms with Crippen LogP contribution in [-0.2, 0) is 16.0 Å². The van der Waals surface area contributed by atoms with Gasteiger partial charge in [0, 0.05) is 25.0 Å². The molecule has 1 aliphatic heterocycles. The normalized spacial score (nSPS) is 22.0. The molecule has 2 aromatic heterocycles. The third-order valence-electron chi connectivity index (χ3n) is 4.30. The highest BCUT2D eigenvalue weighted by molar-refractivity contribution is 5.80. The highest BCUT2D eigenvalue weighted by Crippen LogP contribution is 2.23. The molecule has 0 saturated carbocycles. The van der Waals surface area contributed by atoms with Crippen LogP contribution in [0.25, 0.3) is 5.65 Å². The Labute approximate surface area is 128 Å². The van der Waals surface area contributed by atoms with Crippen molar-refractivity contribution in [3.63, 3.8) is 0 Å². The Hall–Kier alpha value is -2.37. The van der Waals surface area contributed by atoms with E-state index >= 15 is 0 Å². The van der Waals surface area contributed by atoms with Crippen molar-refractivity contribution in [3.8, 4) is 0 Å². The Kier molecular flexibility index (Phi) is 3.83. The number of nitrogens with zero attached hydrogens (tertiary/aromatic N) is 3. The number of likely N-dealkylation sites (tertiary alicyclic amines) is 1. The van der Waals surface area contributed by atoms with Crippen molar-refractivity contribution in [2.24, 2.45) is 5.92 Å². The fourth-order valence-electron chi connectivity index (χ4n) is 2.98. The molecule has 116 valence electrons. The molecule has 22 heavy (non-hydrogen) atoms. The van der Waals surface area contributed by atoms with Gasteiger partial charge in [-0.2, -0.15) is 0 Å². The predicted octanol–water partition coefficient (Wildman–Crippen LogP) is 1.59. The Balaban J connectivity index is 1.73. The molecule has 1 saturated heterocycles. The molecule has 2 unspecified atom stereocenters. The number of pyridine rings is 1. The number of rotatable bonds is 3. The van der Waals surface area contributed by atoms with Crippen LogP contribution in [0, 0.1) is 5.92 Å². The summed E-state index contributed by atoms with van der Waals surface area (Å²) >= 11 is 0. The van der Waals surface area contributed by atoms with Crippen molar-refractivity contribution in [1.82, 2.24) is 14.3 Å². The Morgan fingerprint density at radius 3 is 2.91 bits per heavy atom. The molecule has 0 radical (unpaired) electrons. The quantitative estimate of drug-likeness (QED) is 0.934. The number of aromatic nitrogens is 2. The van der Waals surface area contributed by atoms with Crippen LogP contribution in [0.4, 0.5) is 0 Å². The van der Waals surface area contributed by atoms with E-state index in [2.05, 4.69) is 4.98 Å². The number of carbonyl (C=O) groups is 2. The first-order chi connectivity index (χ1) is 10.5. The molecule has 2 aromatic rings. The first-order valence-corrected chi connectivity index (χ1v) is 7.49. The van der Waals surface area contributed by atoms with Crippen molar-refractivity contribution in [2.75, 3.05) is 6.54 Å². The minimum Gasteiger partial charge on any atom is -0.481 e. The molecule has 3 rings (SSSR count). The fourth-order valence-corrected chi connectivity index (χ4v) is 2.98.